The first kappa shape index (κ1) is 22.2. The van der Waals surface area contributed by atoms with Crippen molar-refractivity contribution in [3.05, 3.63) is 59.7 Å². The lowest BCUT2D eigenvalue weighted by Crippen LogP contribution is -1.97. The van der Waals surface area contributed by atoms with Crippen molar-refractivity contribution in [3.8, 4) is 5.75 Å². The van der Waals surface area contributed by atoms with E-state index in [9.17, 15) is 0 Å². The van der Waals surface area contributed by atoms with Crippen molar-refractivity contribution in [3.63, 3.8) is 0 Å². The Morgan fingerprint density at radius 2 is 1.36 bits per heavy atom. The largest absolute Gasteiger partial charge is 0.494 e. The number of ether oxygens (including phenoxy) is 1. The van der Waals surface area contributed by atoms with Crippen LogP contribution in [0.2, 0.25) is 0 Å². The van der Waals surface area contributed by atoms with Crippen LogP contribution in [-0.2, 0) is 6.42 Å². The van der Waals surface area contributed by atoms with Gasteiger partial charge in [0.05, 0.1) is 12.3 Å². The molecule has 0 N–H and O–H groups in total. The number of nitrogens with zero attached hydrogens (tertiary/aromatic N) is 1. The fraction of sp³-hybridized carbons (Fsp3) is 0.500. The van der Waals surface area contributed by atoms with Crippen molar-refractivity contribution in [2.75, 3.05) is 6.61 Å². The number of benzene rings is 2. The van der Waals surface area contributed by atoms with Crippen LogP contribution in [0.15, 0.2) is 53.5 Å². The summed E-state index contributed by atoms with van der Waals surface area (Å²) < 4.78 is 5.79. The monoisotopic (exact) mass is 379 g/mol. The molecule has 2 rings (SSSR count). The number of aryl methyl sites for hydroxylation is 1. The van der Waals surface area contributed by atoms with Crippen LogP contribution < -0.4 is 4.74 Å². The molecule has 0 aromatic heterocycles. The molecular weight excluding hydrogens is 342 g/mol. The van der Waals surface area contributed by atoms with Crippen molar-refractivity contribution in [2.24, 2.45) is 4.99 Å². The highest BCUT2D eigenvalue weighted by Crippen LogP contribution is 2.17. The maximum absolute atomic E-state index is 5.79. The van der Waals surface area contributed by atoms with E-state index in [0.717, 1.165) is 30.0 Å². The topological polar surface area (TPSA) is 21.6 Å². The predicted octanol–water partition coefficient (Wildman–Crippen LogP) is 7.91. The van der Waals surface area contributed by atoms with E-state index >= 15 is 0 Å². The van der Waals surface area contributed by atoms with Gasteiger partial charge in [-0.1, -0.05) is 70.9 Å². The number of rotatable bonds is 14. The lowest BCUT2D eigenvalue weighted by molar-refractivity contribution is 0.305. The lowest BCUT2D eigenvalue weighted by atomic mass is 10.1. The van der Waals surface area contributed by atoms with Gasteiger partial charge < -0.3 is 4.74 Å². The molecule has 2 aromatic rings. The van der Waals surface area contributed by atoms with E-state index in [-0.39, 0.29) is 0 Å². The Bertz CT molecular complexity index is 598. The molecule has 0 amide bonds. The maximum atomic E-state index is 5.79. The van der Waals surface area contributed by atoms with Crippen molar-refractivity contribution in [2.45, 2.75) is 78.1 Å². The summed E-state index contributed by atoms with van der Waals surface area (Å²) in [5.41, 5.74) is 3.51. The van der Waals surface area contributed by atoms with Crippen LogP contribution in [-0.4, -0.2) is 12.8 Å². The van der Waals surface area contributed by atoms with Gasteiger partial charge in [0.15, 0.2) is 0 Å². The molecular formula is C26H37NO. The van der Waals surface area contributed by atoms with Gasteiger partial charge in [0.2, 0.25) is 0 Å². The standard InChI is InChI=1S/C26H37NO/c1-3-5-7-9-10-12-23-13-17-25(18-14-23)27-22-24-15-19-26(20-16-24)28-21-11-8-6-4-2/h13-20,22H,3-12,21H2,1-2H3. The second kappa shape index (κ2) is 14.0. The smallest absolute Gasteiger partial charge is 0.119 e. The van der Waals surface area contributed by atoms with Crippen LogP contribution in [0, 0.1) is 0 Å². The average Bonchev–Trinajstić information content (AvgIpc) is 2.74. The normalized spacial score (nSPS) is 11.2. The fourth-order valence-corrected chi connectivity index (χ4v) is 3.20. The molecule has 2 aromatic carbocycles. The van der Waals surface area contributed by atoms with Crippen LogP contribution in [0.25, 0.3) is 0 Å². The molecule has 0 heterocycles. The number of hydrogen-bond donors (Lipinski definition) is 0. The Balaban J connectivity index is 1.73. The van der Waals surface area contributed by atoms with Crippen LogP contribution in [0.3, 0.4) is 0 Å². The summed E-state index contributed by atoms with van der Waals surface area (Å²) in [5, 5.41) is 0. The van der Waals surface area contributed by atoms with E-state index in [1.807, 2.05) is 18.3 Å². The zero-order chi connectivity index (χ0) is 19.9. The van der Waals surface area contributed by atoms with Crippen molar-refractivity contribution < 1.29 is 4.74 Å². The highest BCUT2D eigenvalue weighted by molar-refractivity contribution is 5.82. The summed E-state index contributed by atoms with van der Waals surface area (Å²) in [4.78, 5) is 4.60. The lowest BCUT2D eigenvalue weighted by Gasteiger charge is -2.06. The Hall–Kier alpha value is -2.09. The summed E-state index contributed by atoms with van der Waals surface area (Å²) in [5.74, 6) is 0.942. The third kappa shape index (κ3) is 9.21. The zero-order valence-corrected chi connectivity index (χ0v) is 17.8. The minimum Gasteiger partial charge on any atom is -0.494 e. The van der Waals surface area contributed by atoms with Crippen molar-refractivity contribution in [1.82, 2.24) is 0 Å². The number of hydrogen-bond acceptors (Lipinski definition) is 2. The average molecular weight is 380 g/mol. The van der Waals surface area contributed by atoms with E-state index in [1.54, 1.807) is 0 Å². The first-order chi connectivity index (χ1) is 13.8. The quantitative estimate of drug-likeness (QED) is 0.241. The fourth-order valence-electron chi connectivity index (χ4n) is 3.20. The van der Waals surface area contributed by atoms with Crippen molar-refractivity contribution >= 4 is 11.9 Å². The summed E-state index contributed by atoms with van der Waals surface area (Å²) in [6, 6.07) is 16.8. The van der Waals surface area contributed by atoms with Gasteiger partial charge in [0, 0.05) is 6.21 Å². The van der Waals surface area contributed by atoms with Crippen LogP contribution in [0.5, 0.6) is 5.75 Å². The Kier molecular flexibility index (Phi) is 11.1. The number of aliphatic imine (C=N–C) groups is 1. The summed E-state index contributed by atoms with van der Waals surface area (Å²) in [7, 11) is 0. The Morgan fingerprint density at radius 3 is 2.04 bits per heavy atom. The molecule has 0 saturated carbocycles. The molecule has 0 radical (unpaired) electrons. The molecule has 2 nitrogen and oxygen atoms in total. The van der Waals surface area contributed by atoms with Gasteiger partial charge in [0.1, 0.15) is 5.75 Å². The van der Waals surface area contributed by atoms with E-state index in [1.165, 1.54) is 63.4 Å². The third-order valence-corrected chi connectivity index (χ3v) is 5.01. The molecule has 0 unspecified atom stereocenters. The molecule has 0 fully saturated rings. The van der Waals surface area contributed by atoms with E-state index in [2.05, 4.69) is 55.2 Å². The maximum Gasteiger partial charge on any atom is 0.119 e. The minimum absolute atomic E-state index is 0.804. The third-order valence-electron chi connectivity index (χ3n) is 5.01. The molecule has 0 aliphatic rings. The second-order valence-corrected chi connectivity index (χ2v) is 7.57. The second-order valence-electron chi connectivity index (χ2n) is 7.57. The predicted molar refractivity (Wildman–Crippen MR) is 122 cm³/mol. The highest BCUT2D eigenvalue weighted by atomic mass is 16.5. The highest BCUT2D eigenvalue weighted by Gasteiger charge is 1.97. The van der Waals surface area contributed by atoms with E-state index in [4.69, 9.17) is 4.74 Å². The minimum atomic E-state index is 0.804. The van der Waals surface area contributed by atoms with Gasteiger partial charge in [0.25, 0.3) is 0 Å². The SMILES string of the molecule is CCCCCCCc1ccc(N=Cc2ccc(OCCCCCC)cc2)cc1. The van der Waals surface area contributed by atoms with Gasteiger partial charge in [-0.3, -0.25) is 4.99 Å². The van der Waals surface area contributed by atoms with Gasteiger partial charge in [-0.15, -0.1) is 0 Å². The molecule has 0 aliphatic heterocycles. The summed E-state index contributed by atoms with van der Waals surface area (Å²) in [6.45, 7) is 5.29. The van der Waals surface area contributed by atoms with Crippen LogP contribution in [0.1, 0.15) is 82.8 Å². The summed E-state index contributed by atoms with van der Waals surface area (Å²) in [6.07, 6.45) is 14.7. The van der Waals surface area contributed by atoms with E-state index < -0.39 is 0 Å². The van der Waals surface area contributed by atoms with Gasteiger partial charge >= 0.3 is 0 Å². The first-order valence-electron chi connectivity index (χ1n) is 11.2. The molecule has 0 saturated heterocycles. The number of unbranched alkanes of at least 4 members (excludes halogenated alkanes) is 7. The molecule has 0 aliphatic carbocycles. The van der Waals surface area contributed by atoms with Gasteiger partial charge in [-0.05, 0) is 66.8 Å². The Morgan fingerprint density at radius 1 is 0.714 bits per heavy atom. The molecule has 0 spiro atoms. The molecule has 152 valence electrons. The first-order valence-corrected chi connectivity index (χ1v) is 11.2. The van der Waals surface area contributed by atoms with Gasteiger partial charge in [-0.2, -0.15) is 0 Å². The molecule has 0 atom stereocenters. The Labute approximate surface area is 172 Å². The molecule has 28 heavy (non-hydrogen) atoms. The summed E-state index contributed by atoms with van der Waals surface area (Å²) >= 11 is 0. The van der Waals surface area contributed by atoms with Gasteiger partial charge in [-0.25, -0.2) is 0 Å². The molecule has 2 heteroatoms. The van der Waals surface area contributed by atoms with Crippen molar-refractivity contribution in [1.29, 1.82) is 0 Å². The van der Waals surface area contributed by atoms with Crippen LogP contribution in [0.4, 0.5) is 5.69 Å². The molecule has 0 bridgehead atoms. The van der Waals surface area contributed by atoms with E-state index in [0.29, 0.717) is 0 Å². The van der Waals surface area contributed by atoms with Crippen LogP contribution >= 0.6 is 0 Å². The zero-order valence-electron chi connectivity index (χ0n) is 17.8.